The van der Waals surface area contributed by atoms with Gasteiger partial charge < -0.3 is 19.9 Å². The van der Waals surface area contributed by atoms with Crippen LogP contribution >= 0.6 is 0 Å². The number of nitrogens with zero attached hydrogens (tertiary/aromatic N) is 3. The molecule has 4 rings (SSSR count). The van der Waals surface area contributed by atoms with E-state index in [2.05, 4.69) is 14.6 Å². The standard InChI is InChI=1S/C25H36N4O4S/c1-19-23(20-7-9-22(33-2)10-8-20)34(31,32)27-24(19)29-16-11-21(12-17-29)25(30)26-13-18-28-14-5-3-4-6-15-28/h7-10,21H,3-6,11-18H2,1-2H3,(H,26,30). The number of hydrogen-bond donors (Lipinski definition) is 1. The number of piperidine rings is 1. The Bertz CT molecular complexity index is 1030. The molecule has 1 aromatic carbocycles. The quantitative estimate of drug-likeness (QED) is 0.662. The summed E-state index contributed by atoms with van der Waals surface area (Å²) in [5, 5.41) is 3.12. The number of hydrogen-bond acceptors (Lipinski definition) is 6. The summed E-state index contributed by atoms with van der Waals surface area (Å²) in [7, 11) is -2.19. The van der Waals surface area contributed by atoms with E-state index in [1.807, 2.05) is 11.8 Å². The van der Waals surface area contributed by atoms with Gasteiger partial charge in [0.1, 0.15) is 16.5 Å². The topological polar surface area (TPSA) is 91.3 Å². The number of benzene rings is 1. The van der Waals surface area contributed by atoms with E-state index in [0.717, 1.165) is 19.6 Å². The minimum atomic E-state index is -3.76. The molecule has 3 aliphatic heterocycles. The highest BCUT2D eigenvalue weighted by atomic mass is 32.2. The van der Waals surface area contributed by atoms with Crippen LogP contribution in [0.15, 0.2) is 34.2 Å². The fourth-order valence-corrected chi connectivity index (χ4v) is 6.60. The van der Waals surface area contributed by atoms with Crippen LogP contribution < -0.4 is 10.1 Å². The van der Waals surface area contributed by atoms with Crippen LogP contribution in [0.2, 0.25) is 0 Å². The predicted octanol–water partition coefficient (Wildman–Crippen LogP) is 2.87. The fourth-order valence-electron chi connectivity index (χ4n) is 5.12. The smallest absolute Gasteiger partial charge is 0.285 e. The Labute approximate surface area is 203 Å². The number of sulfonamides is 1. The Kier molecular flexibility index (Phi) is 7.93. The maximum Gasteiger partial charge on any atom is 0.285 e. The van der Waals surface area contributed by atoms with Gasteiger partial charge in [0.25, 0.3) is 10.0 Å². The molecule has 1 N–H and O–H groups in total. The average molecular weight is 489 g/mol. The molecule has 0 aromatic heterocycles. The van der Waals surface area contributed by atoms with Gasteiger partial charge in [-0.2, -0.15) is 8.42 Å². The van der Waals surface area contributed by atoms with Crippen molar-refractivity contribution in [1.82, 2.24) is 15.1 Å². The number of amides is 1. The third-order valence-electron chi connectivity index (χ3n) is 7.08. The molecule has 9 heteroatoms. The maximum absolute atomic E-state index is 12.9. The van der Waals surface area contributed by atoms with Gasteiger partial charge in [0.15, 0.2) is 0 Å². The second-order valence-corrected chi connectivity index (χ2v) is 10.9. The monoisotopic (exact) mass is 488 g/mol. The van der Waals surface area contributed by atoms with E-state index < -0.39 is 10.0 Å². The molecule has 0 atom stereocenters. The van der Waals surface area contributed by atoms with Gasteiger partial charge in [-0.15, -0.1) is 4.40 Å². The highest BCUT2D eigenvalue weighted by Gasteiger charge is 2.35. The van der Waals surface area contributed by atoms with Gasteiger partial charge in [-0.1, -0.05) is 12.8 Å². The van der Waals surface area contributed by atoms with Crippen LogP contribution in [0.5, 0.6) is 5.75 Å². The summed E-state index contributed by atoms with van der Waals surface area (Å²) in [6.07, 6.45) is 6.51. The van der Waals surface area contributed by atoms with Crippen molar-refractivity contribution in [2.75, 3.05) is 46.4 Å². The lowest BCUT2D eigenvalue weighted by atomic mass is 9.95. The van der Waals surface area contributed by atoms with Crippen LogP contribution in [0.3, 0.4) is 0 Å². The minimum absolute atomic E-state index is 0.0376. The Morgan fingerprint density at radius 3 is 2.32 bits per heavy atom. The van der Waals surface area contributed by atoms with Gasteiger partial charge in [-0.3, -0.25) is 4.79 Å². The van der Waals surface area contributed by atoms with Crippen molar-refractivity contribution in [3.63, 3.8) is 0 Å². The molecule has 1 amide bonds. The van der Waals surface area contributed by atoms with Crippen LogP contribution in [-0.4, -0.2) is 76.3 Å². The lowest BCUT2D eigenvalue weighted by Crippen LogP contribution is -2.44. The molecule has 34 heavy (non-hydrogen) atoms. The van der Waals surface area contributed by atoms with E-state index in [0.29, 0.717) is 55.2 Å². The predicted molar refractivity (Wildman–Crippen MR) is 134 cm³/mol. The maximum atomic E-state index is 12.9. The van der Waals surface area contributed by atoms with Crippen molar-refractivity contribution in [3.8, 4) is 5.75 Å². The number of nitrogens with one attached hydrogen (secondary N) is 1. The SMILES string of the molecule is COc1ccc(C2=C(C)C(N3CCC(C(=O)NCCN4CCCCCC4)CC3)=NS2(=O)=O)cc1. The molecule has 0 saturated carbocycles. The number of methoxy groups -OCH3 is 1. The van der Waals surface area contributed by atoms with Crippen LogP contribution in [0.25, 0.3) is 4.91 Å². The van der Waals surface area contributed by atoms with Crippen molar-refractivity contribution >= 4 is 26.7 Å². The Hall–Kier alpha value is -2.39. The number of carbonyl (C=O) groups is 1. The fraction of sp³-hybridized carbons (Fsp3) is 0.600. The Balaban J connectivity index is 1.32. The van der Waals surface area contributed by atoms with Gasteiger partial charge >= 0.3 is 0 Å². The first-order chi connectivity index (χ1) is 16.4. The zero-order valence-electron chi connectivity index (χ0n) is 20.3. The van der Waals surface area contributed by atoms with Crippen molar-refractivity contribution in [3.05, 3.63) is 35.4 Å². The molecule has 0 bridgehead atoms. The lowest BCUT2D eigenvalue weighted by molar-refractivity contribution is -0.126. The molecule has 3 aliphatic rings. The number of carbonyl (C=O) groups excluding carboxylic acids is 1. The van der Waals surface area contributed by atoms with Crippen LogP contribution in [0.4, 0.5) is 0 Å². The zero-order valence-corrected chi connectivity index (χ0v) is 21.1. The summed E-state index contributed by atoms with van der Waals surface area (Å²) < 4.78 is 35.0. The highest BCUT2D eigenvalue weighted by molar-refractivity contribution is 8.00. The van der Waals surface area contributed by atoms with E-state index >= 15 is 0 Å². The summed E-state index contributed by atoms with van der Waals surface area (Å²) in [5.41, 5.74) is 1.27. The van der Waals surface area contributed by atoms with Gasteiger partial charge in [-0.05, 0) is 75.5 Å². The van der Waals surface area contributed by atoms with Crippen LogP contribution in [-0.2, 0) is 14.8 Å². The van der Waals surface area contributed by atoms with Crippen molar-refractivity contribution in [2.24, 2.45) is 10.3 Å². The second-order valence-electron chi connectivity index (χ2n) is 9.38. The van der Waals surface area contributed by atoms with Crippen LogP contribution in [0.1, 0.15) is 51.0 Å². The molecule has 2 fully saturated rings. The van der Waals surface area contributed by atoms with Crippen molar-refractivity contribution in [2.45, 2.75) is 45.4 Å². The summed E-state index contributed by atoms with van der Waals surface area (Å²) >= 11 is 0. The van der Waals surface area contributed by atoms with Gasteiger partial charge in [-0.25, -0.2) is 0 Å². The molecule has 0 radical (unpaired) electrons. The van der Waals surface area contributed by atoms with Gasteiger partial charge in [0.05, 0.1) is 7.11 Å². The second kappa shape index (κ2) is 10.9. The Morgan fingerprint density at radius 2 is 1.71 bits per heavy atom. The zero-order chi connectivity index (χ0) is 24.1. The molecule has 0 spiro atoms. The van der Waals surface area contributed by atoms with E-state index in [-0.39, 0.29) is 16.7 Å². The van der Waals surface area contributed by atoms with Gasteiger partial charge in [0.2, 0.25) is 5.91 Å². The average Bonchev–Trinajstić information content (AvgIpc) is 2.99. The molecular weight excluding hydrogens is 452 g/mol. The largest absolute Gasteiger partial charge is 0.497 e. The normalized spacial score (nSPS) is 21.8. The molecule has 186 valence electrons. The van der Waals surface area contributed by atoms with Crippen LogP contribution in [0, 0.1) is 5.92 Å². The number of likely N-dealkylation sites (tertiary alicyclic amines) is 2. The third kappa shape index (κ3) is 5.63. The highest BCUT2D eigenvalue weighted by Crippen LogP contribution is 2.35. The number of amidine groups is 1. The van der Waals surface area contributed by atoms with E-state index in [1.54, 1.807) is 31.4 Å². The summed E-state index contributed by atoms with van der Waals surface area (Å²) in [6.45, 7) is 6.91. The van der Waals surface area contributed by atoms with E-state index in [9.17, 15) is 13.2 Å². The molecule has 3 heterocycles. The Morgan fingerprint density at radius 1 is 1.06 bits per heavy atom. The summed E-state index contributed by atoms with van der Waals surface area (Å²) in [4.78, 5) is 17.4. The number of ether oxygens (including phenoxy) is 1. The molecule has 2 saturated heterocycles. The molecule has 8 nitrogen and oxygen atoms in total. The first-order valence-electron chi connectivity index (χ1n) is 12.3. The van der Waals surface area contributed by atoms with Gasteiger partial charge in [0, 0.05) is 37.7 Å². The first-order valence-corrected chi connectivity index (χ1v) is 13.8. The first kappa shape index (κ1) is 24.7. The van der Waals surface area contributed by atoms with Crippen molar-refractivity contribution in [1.29, 1.82) is 0 Å². The number of rotatable bonds is 6. The summed E-state index contributed by atoms with van der Waals surface area (Å²) in [6, 6.07) is 6.99. The summed E-state index contributed by atoms with van der Waals surface area (Å²) in [5.74, 6) is 1.25. The van der Waals surface area contributed by atoms with Crippen molar-refractivity contribution < 1.29 is 17.9 Å². The van der Waals surface area contributed by atoms with E-state index in [4.69, 9.17) is 4.74 Å². The van der Waals surface area contributed by atoms with E-state index in [1.165, 1.54) is 25.7 Å². The third-order valence-corrected chi connectivity index (χ3v) is 8.56. The molecule has 1 aromatic rings. The molecular formula is C25H36N4O4S. The molecule has 0 aliphatic carbocycles. The lowest BCUT2D eigenvalue weighted by Gasteiger charge is -2.33. The molecule has 0 unspecified atom stereocenters. The minimum Gasteiger partial charge on any atom is -0.497 e.